The fourth-order valence-corrected chi connectivity index (χ4v) is 4.05. The van der Waals surface area contributed by atoms with Crippen molar-refractivity contribution >= 4 is 27.3 Å². The molecule has 0 aliphatic carbocycles. The number of nitrogens with zero attached hydrogens (tertiary/aromatic N) is 1. The zero-order chi connectivity index (χ0) is 18.7. The number of sulfonamides is 1. The van der Waals surface area contributed by atoms with Gasteiger partial charge in [-0.05, 0) is 54.7 Å². The van der Waals surface area contributed by atoms with Gasteiger partial charge in [-0.3, -0.25) is 9.10 Å². The van der Waals surface area contributed by atoms with E-state index in [0.717, 1.165) is 11.1 Å². The van der Waals surface area contributed by atoms with Gasteiger partial charge in [-0.2, -0.15) is 0 Å². The van der Waals surface area contributed by atoms with Crippen LogP contribution in [0.5, 0.6) is 0 Å². The first-order valence-corrected chi connectivity index (χ1v) is 10.3. The molecule has 1 amide bonds. The highest BCUT2D eigenvalue weighted by atomic mass is 32.2. The zero-order valence-electron chi connectivity index (χ0n) is 14.5. The third-order valence-electron chi connectivity index (χ3n) is 4.40. The van der Waals surface area contributed by atoms with Crippen molar-refractivity contribution in [3.8, 4) is 0 Å². The van der Waals surface area contributed by atoms with Gasteiger partial charge in [0.05, 0.1) is 11.9 Å². The van der Waals surface area contributed by atoms with E-state index in [1.165, 1.54) is 22.7 Å². The molecular weight excluding hydrogens is 355 g/mol. The molecule has 2 aromatic carbocycles. The number of hydrogen-bond donors (Lipinski definition) is 1. The number of benzene rings is 2. The molecule has 7 heteroatoms. The SMILES string of the molecule is CS(=O)(=O)N1CCc2ccc(NC(=O)CCCc3ccc(F)cc3)cc21. The maximum absolute atomic E-state index is 12.9. The number of nitrogens with one attached hydrogen (secondary N) is 1. The molecule has 0 spiro atoms. The van der Waals surface area contributed by atoms with Crippen LogP contribution >= 0.6 is 0 Å². The lowest BCUT2D eigenvalue weighted by Crippen LogP contribution is -2.27. The van der Waals surface area contributed by atoms with Crippen LogP contribution in [0.25, 0.3) is 0 Å². The molecule has 0 atom stereocenters. The molecule has 5 nitrogen and oxygen atoms in total. The average molecular weight is 376 g/mol. The number of fused-ring (bicyclic) bond motifs is 1. The van der Waals surface area contributed by atoms with Crippen LogP contribution < -0.4 is 9.62 Å². The zero-order valence-corrected chi connectivity index (χ0v) is 15.4. The normalized spacial score (nSPS) is 13.5. The van der Waals surface area contributed by atoms with Crippen molar-refractivity contribution in [3.63, 3.8) is 0 Å². The molecule has 0 aromatic heterocycles. The van der Waals surface area contributed by atoms with Crippen molar-refractivity contribution in [3.05, 3.63) is 59.4 Å². The summed E-state index contributed by atoms with van der Waals surface area (Å²) >= 11 is 0. The summed E-state index contributed by atoms with van der Waals surface area (Å²) in [7, 11) is -3.32. The number of carbonyl (C=O) groups excluding carboxylic acids is 1. The standard InChI is InChI=1S/C19H21FN2O3S/c1-26(24,25)22-12-11-15-7-10-17(13-18(15)22)21-19(23)4-2-3-14-5-8-16(20)9-6-14/h5-10,13H,2-4,11-12H2,1H3,(H,21,23). The molecular formula is C19H21FN2O3S. The van der Waals surface area contributed by atoms with E-state index in [-0.39, 0.29) is 11.7 Å². The Hall–Kier alpha value is -2.41. The lowest BCUT2D eigenvalue weighted by Gasteiger charge is -2.17. The van der Waals surface area contributed by atoms with Gasteiger partial charge in [0.1, 0.15) is 5.82 Å². The number of amides is 1. The summed E-state index contributed by atoms with van der Waals surface area (Å²) in [4.78, 5) is 12.1. The van der Waals surface area contributed by atoms with Gasteiger partial charge in [0, 0.05) is 18.7 Å². The molecule has 0 radical (unpaired) electrons. The topological polar surface area (TPSA) is 66.5 Å². The third-order valence-corrected chi connectivity index (χ3v) is 5.58. The molecule has 1 aliphatic rings. The lowest BCUT2D eigenvalue weighted by atomic mass is 10.1. The molecule has 26 heavy (non-hydrogen) atoms. The molecule has 0 saturated heterocycles. The minimum absolute atomic E-state index is 0.129. The first kappa shape index (κ1) is 18.4. The Labute approximate surface area is 152 Å². The van der Waals surface area contributed by atoms with Crippen molar-refractivity contribution < 1.29 is 17.6 Å². The quantitative estimate of drug-likeness (QED) is 0.842. The fraction of sp³-hybridized carbons (Fsp3) is 0.316. The van der Waals surface area contributed by atoms with Gasteiger partial charge in [-0.1, -0.05) is 18.2 Å². The van der Waals surface area contributed by atoms with E-state index >= 15 is 0 Å². The molecule has 1 N–H and O–H groups in total. The van der Waals surface area contributed by atoms with Crippen LogP contribution in [0.1, 0.15) is 24.0 Å². The Balaban J connectivity index is 1.57. The first-order valence-electron chi connectivity index (χ1n) is 8.48. The Morgan fingerprint density at radius 3 is 2.62 bits per heavy atom. The van der Waals surface area contributed by atoms with Crippen molar-refractivity contribution in [1.29, 1.82) is 0 Å². The molecule has 0 fully saturated rings. The summed E-state index contributed by atoms with van der Waals surface area (Å²) < 4.78 is 37.9. The van der Waals surface area contributed by atoms with Gasteiger partial charge in [0.2, 0.25) is 15.9 Å². The van der Waals surface area contributed by atoms with Gasteiger partial charge < -0.3 is 5.32 Å². The summed E-state index contributed by atoms with van der Waals surface area (Å²) in [5, 5.41) is 2.82. The van der Waals surface area contributed by atoms with Crippen LogP contribution in [-0.4, -0.2) is 27.1 Å². The number of hydrogen-bond acceptors (Lipinski definition) is 3. The second-order valence-electron chi connectivity index (χ2n) is 6.46. The average Bonchev–Trinajstić information content (AvgIpc) is 3.00. The molecule has 1 heterocycles. The van der Waals surface area contributed by atoms with Crippen molar-refractivity contribution in [1.82, 2.24) is 0 Å². The third kappa shape index (κ3) is 4.40. The number of halogens is 1. The fourth-order valence-electron chi connectivity index (χ4n) is 3.10. The van der Waals surface area contributed by atoms with Gasteiger partial charge in [-0.15, -0.1) is 0 Å². The highest BCUT2D eigenvalue weighted by molar-refractivity contribution is 7.92. The largest absolute Gasteiger partial charge is 0.326 e. The Morgan fingerprint density at radius 1 is 1.19 bits per heavy atom. The Kier molecular flexibility index (Phi) is 5.27. The Morgan fingerprint density at radius 2 is 1.92 bits per heavy atom. The van der Waals surface area contributed by atoms with Crippen molar-refractivity contribution in [2.24, 2.45) is 0 Å². The van der Waals surface area contributed by atoms with Crippen LogP contribution in [0.15, 0.2) is 42.5 Å². The highest BCUT2D eigenvalue weighted by Gasteiger charge is 2.26. The number of anilines is 2. The molecule has 2 aromatic rings. The Bertz CT molecular complexity index is 911. The molecule has 0 saturated carbocycles. The van der Waals surface area contributed by atoms with Gasteiger partial charge in [0.25, 0.3) is 0 Å². The van der Waals surface area contributed by atoms with Gasteiger partial charge >= 0.3 is 0 Å². The van der Waals surface area contributed by atoms with Crippen molar-refractivity contribution in [2.45, 2.75) is 25.7 Å². The van der Waals surface area contributed by atoms with E-state index in [9.17, 15) is 17.6 Å². The molecule has 3 rings (SSSR count). The van der Waals surface area contributed by atoms with E-state index in [4.69, 9.17) is 0 Å². The predicted molar refractivity (Wildman–Crippen MR) is 100 cm³/mol. The van der Waals surface area contributed by atoms with Crippen LogP contribution in [0.3, 0.4) is 0 Å². The summed E-state index contributed by atoms with van der Waals surface area (Å²) in [5.41, 5.74) is 3.17. The number of aryl methyl sites for hydroxylation is 1. The van der Waals surface area contributed by atoms with Crippen LogP contribution in [0, 0.1) is 5.82 Å². The van der Waals surface area contributed by atoms with E-state index in [1.54, 1.807) is 24.3 Å². The van der Waals surface area contributed by atoms with Crippen LogP contribution in [0.4, 0.5) is 15.8 Å². The van der Waals surface area contributed by atoms with E-state index < -0.39 is 10.0 Å². The second kappa shape index (κ2) is 7.45. The molecule has 0 unspecified atom stereocenters. The van der Waals surface area contributed by atoms with Gasteiger partial charge in [-0.25, -0.2) is 12.8 Å². The smallest absolute Gasteiger partial charge is 0.232 e. The lowest BCUT2D eigenvalue weighted by molar-refractivity contribution is -0.116. The first-order chi connectivity index (χ1) is 12.3. The van der Waals surface area contributed by atoms with Crippen LogP contribution in [0.2, 0.25) is 0 Å². The molecule has 0 bridgehead atoms. The van der Waals surface area contributed by atoms with Gasteiger partial charge in [0.15, 0.2) is 0 Å². The van der Waals surface area contributed by atoms with E-state index in [0.29, 0.717) is 43.6 Å². The monoisotopic (exact) mass is 376 g/mol. The van der Waals surface area contributed by atoms with E-state index in [2.05, 4.69) is 5.32 Å². The van der Waals surface area contributed by atoms with Crippen molar-refractivity contribution in [2.75, 3.05) is 22.4 Å². The summed E-state index contributed by atoms with van der Waals surface area (Å²) in [6, 6.07) is 11.6. The number of carbonyl (C=O) groups is 1. The summed E-state index contributed by atoms with van der Waals surface area (Å²) in [6.45, 7) is 0.434. The maximum atomic E-state index is 12.9. The molecule has 138 valence electrons. The minimum atomic E-state index is -3.32. The molecule has 1 aliphatic heterocycles. The number of rotatable bonds is 6. The predicted octanol–water partition coefficient (Wildman–Crippen LogP) is 3.11. The summed E-state index contributed by atoms with van der Waals surface area (Å²) in [5.74, 6) is -0.401. The highest BCUT2D eigenvalue weighted by Crippen LogP contribution is 2.32. The minimum Gasteiger partial charge on any atom is -0.326 e. The van der Waals surface area contributed by atoms with E-state index in [1.807, 2.05) is 6.07 Å². The maximum Gasteiger partial charge on any atom is 0.232 e. The summed E-state index contributed by atoms with van der Waals surface area (Å²) in [6.07, 6.45) is 3.54. The van der Waals surface area contributed by atoms with Crippen LogP contribution in [-0.2, 0) is 27.7 Å². The second-order valence-corrected chi connectivity index (χ2v) is 8.36.